The molecule has 0 N–H and O–H groups in total. The smallest absolute Gasteiger partial charge is 0.422 e. The summed E-state index contributed by atoms with van der Waals surface area (Å²) in [5.41, 5.74) is 3.60. The Morgan fingerprint density at radius 2 is 1.82 bits per heavy atom. The lowest BCUT2D eigenvalue weighted by Crippen LogP contribution is -2.49. The summed E-state index contributed by atoms with van der Waals surface area (Å²) in [6, 6.07) is 9.08. The third-order valence-electron chi connectivity index (χ3n) is 4.86. The molecule has 1 aliphatic heterocycles. The Kier molecular flexibility index (Phi) is 5.76. The lowest BCUT2D eigenvalue weighted by molar-refractivity contribution is -0.154. The highest BCUT2D eigenvalue weighted by Gasteiger charge is 2.31. The second kappa shape index (κ2) is 8.08. The number of benzene rings is 1. The van der Waals surface area contributed by atoms with Crippen LogP contribution in [0.2, 0.25) is 0 Å². The van der Waals surface area contributed by atoms with Crippen molar-refractivity contribution < 1.29 is 22.7 Å². The second-order valence-electron chi connectivity index (χ2n) is 6.76. The summed E-state index contributed by atoms with van der Waals surface area (Å²) in [6.45, 7) is 4.89. The van der Waals surface area contributed by atoms with Gasteiger partial charge in [-0.05, 0) is 43.2 Å². The lowest BCUT2D eigenvalue weighted by Gasteiger charge is -2.37. The predicted octanol–water partition coefficient (Wildman–Crippen LogP) is 3.60. The summed E-state index contributed by atoms with van der Waals surface area (Å²) in [5, 5.41) is 0. The van der Waals surface area contributed by atoms with Gasteiger partial charge in [-0.2, -0.15) is 13.2 Å². The zero-order chi connectivity index (χ0) is 20.3. The van der Waals surface area contributed by atoms with Crippen molar-refractivity contribution in [1.82, 2.24) is 9.88 Å². The summed E-state index contributed by atoms with van der Waals surface area (Å²) >= 11 is 0. The first-order valence-electron chi connectivity index (χ1n) is 9.01. The van der Waals surface area contributed by atoms with Crippen LogP contribution in [0.25, 0.3) is 0 Å². The van der Waals surface area contributed by atoms with Crippen LogP contribution in [-0.2, 0) is 0 Å². The third-order valence-corrected chi connectivity index (χ3v) is 4.86. The molecule has 1 fully saturated rings. The van der Waals surface area contributed by atoms with E-state index in [-0.39, 0.29) is 17.4 Å². The minimum Gasteiger partial charge on any atom is -0.467 e. The van der Waals surface area contributed by atoms with Gasteiger partial charge in [0, 0.05) is 38.1 Å². The number of pyridine rings is 1. The van der Waals surface area contributed by atoms with Gasteiger partial charge in [0.15, 0.2) is 6.61 Å². The van der Waals surface area contributed by atoms with Crippen molar-refractivity contribution in [2.75, 3.05) is 37.7 Å². The Balaban J connectivity index is 1.68. The minimum atomic E-state index is -4.49. The molecule has 2 aromatic rings. The molecule has 0 radical (unpaired) electrons. The number of rotatable bonds is 4. The van der Waals surface area contributed by atoms with Crippen LogP contribution in [0.3, 0.4) is 0 Å². The number of piperazine rings is 1. The van der Waals surface area contributed by atoms with E-state index in [0.29, 0.717) is 26.2 Å². The predicted molar refractivity (Wildman–Crippen MR) is 99.8 cm³/mol. The quantitative estimate of drug-likeness (QED) is 0.796. The topological polar surface area (TPSA) is 45.7 Å². The standard InChI is InChI=1S/C20H22F3N3O2/c1-14-5-3-7-17(15(14)2)25-9-11-26(12-10-25)19(27)16-6-4-8-24-18(16)28-13-20(21,22)23/h3-8H,9-13H2,1-2H3. The van der Waals surface area contributed by atoms with Gasteiger partial charge in [0.1, 0.15) is 5.56 Å². The highest BCUT2D eigenvalue weighted by atomic mass is 19.4. The second-order valence-corrected chi connectivity index (χ2v) is 6.76. The molecule has 5 nitrogen and oxygen atoms in total. The summed E-state index contributed by atoms with van der Waals surface area (Å²) in [5.74, 6) is -0.660. The first kappa shape index (κ1) is 20.0. The molecule has 1 aromatic carbocycles. The van der Waals surface area contributed by atoms with Gasteiger partial charge in [-0.25, -0.2) is 4.98 Å². The minimum absolute atomic E-state index is 0.0481. The Bertz CT molecular complexity index is 847. The van der Waals surface area contributed by atoms with Crippen LogP contribution in [0.4, 0.5) is 18.9 Å². The number of anilines is 1. The van der Waals surface area contributed by atoms with Crippen LogP contribution in [-0.4, -0.2) is 54.8 Å². The maximum Gasteiger partial charge on any atom is 0.422 e. The van der Waals surface area contributed by atoms with Gasteiger partial charge in [0.25, 0.3) is 5.91 Å². The molecule has 0 bridgehead atoms. The molecular formula is C20H22F3N3O2. The number of amides is 1. The number of carbonyl (C=O) groups is 1. The fourth-order valence-electron chi connectivity index (χ4n) is 3.22. The first-order chi connectivity index (χ1) is 13.3. The number of carbonyl (C=O) groups excluding carboxylic acids is 1. The van der Waals surface area contributed by atoms with Crippen LogP contribution < -0.4 is 9.64 Å². The number of alkyl halides is 3. The Hall–Kier alpha value is -2.77. The number of hydrogen-bond acceptors (Lipinski definition) is 4. The number of halogens is 3. The molecule has 1 amide bonds. The van der Waals surface area contributed by atoms with E-state index in [1.54, 1.807) is 4.90 Å². The molecule has 2 heterocycles. The number of nitrogens with zero attached hydrogens (tertiary/aromatic N) is 3. The third kappa shape index (κ3) is 4.55. The zero-order valence-corrected chi connectivity index (χ0v) is 15.8. The van der Waals surface area contributed by atoms with Crippen LogP contribution in [0.15, 0.2) is 36.5 Å². The first-order valence-corrected chi connectivity index (χ1v) is 9.01. The van der Waals surface area contributed by atoms with Gasteiger partial charge < -0.3 is 14.5 Å². The average molecular weight is 393 g/mol. The molecule has 8 heteroatoms. The van der Waals surface area contributed by atoms with E-state index >= 15 is 0 Å². The van der Waals surface area contributed by atoms with Crippen molar-refractivity contribution >= 4 is 11.6 Å². The summed E-state index contributed by atoms with van der Waals surface area (Å²) in [7, 11) is 0. The van der Waals surface area contributed by atoms with Crippen LogP contribution in [0.1, 0.15) is 21.5 Å². The zero-order valence-electron chi connectivity index (χ0n) is 15.8. The van der Waals surface area contributed by atoms with Crippen molar-refractivity contribution in [1.29, 1.82) is 0 Å². The molecule has 1 aliphatic rings. The lowest BCUT2D eigenvalue weighted by atomic mass is 10.1. The van der Waals surface area contributed by atoms with E-state index in [4.69, 9.17) is 4.74 Å². The molecule has 0 atom stereocenters. The number of aromatic nitrogens is 1. The van der Waals surface area contributed by atoms with E-state index < -0.39 is 12.8 Å². The number of hydrogen-bond donors (Lipinski definition) is 0. The Labute approximate surface area is 161 Å². The van der Waals surface area contributed by atoms with Crippen LogP contribution in [0.5, 0.6) is 5.88 Å². The largest absolute Gasteiger partial charge is 0.467 e. The van der Waals surface area contributed by atoms with Gasteiger partial charge in [0.05, 0.1) is 0 Å². The summed E-state index contributed by atoms with van der Waals surface area (Å²) in [6.07, 6.45) is -3.18. The van der Waals surface area contributed by atoms with Crippen LogP contribution in [0, 0.1) is 13.8 Å². The van der Waals surface area contributed by atoms with Crippen LogP contribution >= 0.6 is 0 Å². The Morgan fingerprint density at radius 3 is 2.50 bits per heavy atom. The summed E-state index contributed by atoms with van der Waals surface area (Å²) in [4.78, 5) is 20.5. The average Bonchev–Trinajstić information content (AvgIpc) is 2.68. The van der Waals surface area contributed by atoms with Crippen molar-refractivity contribution in [3.63, 3.8) is 0 Å². The molecular weight excluding hydrogens is 371 g/mol. The summed E-state index contributed by atoms with van der Waals surface area (Å²) < 4.78 is 42.1. The molecule has 0 aliphatic carbocycles. The Morgan fingerprint density at radius 1 is 1.11 bits per heavy atom. The fourth-order valence-corrected chi connectivity index (χ4v) is 3.22. The normalized spacial score (nSPS) is 14.9. The molecule has 0 unspecified atom stereocenters. The molecule has 28 heavy (non-hydrogen) atoms. The van der Waals surface area contributed by atoms with Gasteiger partial charge >= 0.3 is 6.18 Å². The van der Waals surface area contributed by atoms with Crippen molar-refractivity contribution in [3.05, 3.63) is 53.2 Å². The highest BCUT2D eigenvalue weighted by molar-refractivity contribution is 5.96. The van der Waals surface area contributed by atoms with Crippen molar-refractivity contribution in [3.8, 4) is 5.88 Å². The monoisotopic (exact) mass is 393 g/mol. The van der Waals surface area contributed by atoms with Gasteiger partial charge in [-0.1, -0.05) is 12.1 Å². The number of aryl methyl sites for hydroxylation is 1. The molecule has 3 rings (SSSR count). The van der Waals surface area contributed by atoms with E-state index in [1.165, 1.54) is 29.5 Å². The van der Waals surface area contributed by atoms with E-state index in [0.717, 1.165) is 5.69 Å². The molecule has 0 spiro atoms. The maximum atomic E-state index is 12.8. The van der Waals surface area contributed by atoms with Gasteiger partial charge in [0.2, 0.25) is 5.88 Å². The molecule has 150 valence electrons. The maximum absolute atomic E-state index is 12.8. The molecule has 0 saturated carbocycles. The highest BCUT2D eigenvalue weighted by Crippen LogP contribution is 2.25. The van der Waals surface area contributed by atoms with E-state index in [9.17, 15) is 18.0 Å². The van der Waals surface area contributed by atoms with Crippen molar-refractivity contribution in [2.45, 2.75) is 20.0 Å². The SMILES string of the molecule is Cc1cccc(N2CCN(C(=O)c3cccnc3OCC(F)(F)F)CC2)c1C. The molecule has 1 saturated heterocycles. The van der Waals surface area contributed by atoms with Gasteiger partial charge in [-0.3, -0.25) is 4.79 Å². The van der Waals surface area contributed by atoms with E-state index in [2.05, 4.69) is 35.9 Å². The van der Waals surface area contributed by atoms with Gasteiger partial charge in [-0.15, -0.1) is 0 Å². The van der Waals surface area contributed by atoms with E-state index in [1.807, 2.05) is 6.07 Å². The molecule has 1 aromatic heterocycles. The number of ether oxygens (including phenoxy) is 1. The fraction of sp³-hybridized carbons (Fsp3) is 0.400. The van der Waals surface area contributed by atoms with Crippen molar-refractivity contribution in [2.24, 2.45) is 0 Å².